The van der Waals surface area contributed by atoms with Crippen LogP contribution in [-0.2, 0) is 0 Å². The topological polar surface area (TPSA) is 28.7 Å². The Morgan fingerprint density at radius 3 is 2.94 bits per heavy atom. The second kappa shape index (κ2) is 3.90. The zero-order valence-corrected chi connectivity index (χ0v) is 10.8. The van der Waals surface area contributed by atoms with Crippen LogP contribution in [-0.4, -0.2) is 9.97 Å². The van der Waals surface area contributed by atoms with Gasteiger partial charge in [0.25, 0.3) is 0 Å². The minimum Gasteiger partial charge on any atom is -0.342 e. The number of hydrogen-bond donors (Lipinski definition) is 1. The predicted molar refractivity (Wildman–Crippen MR) is 68.7 cm³/mol. The van der Waals surface area contributed by atoms with Crippen LogP contribution in [0.5, 0.6) is 0 Å². The molecule has 1 aromatic carbocycles. The van der Waals surface area contributed by atoms with E-state index in [1.54, 1.807) is 0 Å². The van der Waals surface area contributed by atoms with Crippen LogP contribution < -0.4 is 0 Å². The quantitative estimate of drug-likeness (QED) is 0.876. The molecule has 0 spiro atoms. The van der Waals surface area contributed by atoms with Gasteiger partial charge in [-0.15, -0.1) is 0 Å². The van der Waals surface area contributed by atoms with E-state index in [1.165, 1.54) is 18.5 Å². The number of aromatic amines is 1. The largest absolute Gasteiger partial charge is 0.342 e. The van der Waals surface area contributed by atoms with E-state index >= 15 is 0 Å². The van der Waals surface area contributed by atoms with Crippen LogP contribution in [0.3, 0.4) is 0 Å². The Morgan fingerprint density at radius 2 is 2.19 bits per heavy atom. The van der Waals surface area contributed by atoms with Gasteiger partial charge >= 0.3 is 0 Å². The summed E-state index contributed by atoms with van der Waals surface area (Å²) in [4.78, 5) is 7.77. The number of halogens is 2. The molecule has 0 radical (unpaired) electrons. The standard InChI is InChI=1S/C12H10BrClN2/c13-10-4-3-8(14)5-9(10)12-15-6-11(16-12)7-1-2-7/h3-7H,1-2H2,(H,15,16). The number of nitrogens with one attached hydrogen (secondary N) is 1. The van der Waals surface area contributed by atoms with Gasteiger partial charge in [0, 0.05) is 32.9 Å². The zero-order valence-electron chi connectivity index (χ0n) is 8.50. The second-order valence-corrected chi connectivity index (χ2v) is 5.38. The molecule has 82 valence electrons. The molecule has 1 heterocycles. The number of H-pyrrole nitrogens is 1. The van der Waals surface area contributed by atoms with E-state index in [0.717, 1.165) is 20.9 Å². The first-order chi connectivity index (χ1) is 7.74. The summed E-state index contributed by atoms with van der Waals surface area (Å²) in [5.41, 5.74) is 2.25. The molecule has 4 heteroatoms. The van der Waals surface area contributed by atoms with Crippen molar-refractivity contribution in [1.29, 1.82) is 0 Å². The van der Waals surface area contributed by atoms with Crippen LogP contribution in [0.25, 0.3) is 11.4 Å². The molecule has 3 rings (SSSR count). The van der Waals surface area contributed by atoms with Gasteiger partial charge in [0.05, 0.1) is 0 Å². The summed E-state index contributed by atoms with van der Waals surface area (Å²) in [5, 5.41) is 0.725. The van der Waals surface area contributed by atoms with E-state index in [-0.39, 0.29) is 0 Å². The van der Waals surface area contributed by atoms with Crippen molar-refractivity contribution in [3.8, 4) is 11.4 Å². The Balaban J connectivity index is 2.03. The third-order valence-electron chi connectivity index (χ3n) is 2.80. The minimum absolute atomic E-state index is 0.694. The van der Waals surface area contributed by atoms with Crippen molar-refractivity contribution in [2.24, 2.45) is 0 Å². The Kier molecular flexibility index (Phi) is 2.52. The molecule has 0 saturated heterocycles. The fourth-order valence-corrected chi connectivity index (χ4v) is 2.36. The number of rotatable bonds is 2. The Labute approximate surface area is 107 Å². The third kappa shape index (κ3) is 1.89. The first kappa shape index (κ1) is 10.4. The molecule has 1 fully saturated rings. The molecule has 0 unspecified atom stereocenters. The molecule has 1 N–H and O–H groups in total. The molecule has 0 atom stereocenters. The van der Waals surface area contributed by atoms with Gasteiger partial charge in [-0.25, -0.2) is 4.98 Å². The van der Waals surface area contributed by atoms with Crippen LogP contribution in [0, 0.1) is 0 Å². The van der Waals surface area contributed by atoms with E-state index in [9.17, 15) is 0 Å². The molecule has 1 aliphatic rings. The Hall–Kier alpha value is -0.800. The molecule has 16 heavy (non-hydrogen) atoms. The number of nitrogens with zero attached hydrogens (tertiary/aromatic N) is 1. The zero-order chi connectivity index (χ0) is 11.1. The lowest BCUT2D eigenvalue weighted by molar-refractivity contribution is 1.05. The number of imidazole rings is 1. The minimum atomic E-state index is 0.694. The van der Waals surface area contributed by atoms with Crippen molar-refractivity contribution < 1.29 is 0 Å². The molecule has 0 aliphatic heterocycles. The highest BCUT2D eigenvalue weighted by Crippen LogP contribution is 2.40. The van der Waals surface area contributed by atoms with Crippen molar-refractivity contribution >= 4 is 27.5 Å². The number of hydrogen-bond acceptors (Lipinski definition) is 1. The molecule has 1 saturated carbocycles. The molecule has 2 nitrogen and oxygen atoms in total. The second-order valence-electron chi connectivity index (χ2n) is 4.09. The third-order valence-corrected chi connectivity index (χ3v) is 3.72. The smallest absolute Gasteiger partial charge is 0.138 e. The molecular formula is C12H10BrClN2. The summed E-state index contributed by atoms with van der Waals surface area (Å²) in [6, 6.07) is 5.72. The number of benzene rings is 1. The highest BCUT2D eigenvalue weighted by atomic mass is 79.9. The molecule has 0 amide bonds. The summed E-state index contributed by atoms with van der Waals surface area (Å²) in [7, 11) is 0. The van der Waals surface area contributed by atoms with Gasteiger partial charge in [-0.2, -0.15) is 0 Å². The lowest BCUT2D eigenvalue weighted by atomic mass is 10.2. The number of aromatic nitrogens is 2. The van der Waals surface area contributed by atoms with Gasteiger partial charge in [-0.3, -0.25) is 0 Å². The fraction of sp³-hybridized carbons (Fsp3) is 0.250. The van der Waals surface area contributed by atoms with E-state index < -0.39 is 0 Å². The SMILES string of the molecule is Clc1ccc(Br)c(-c2ncc(C3CC3)[nH]2)c1. The van der Waals surface area contributed by atoms with Crippen molar-refractivity contribution in [1.82, 2.24) is 9.97 Å². The van der Waals surface area contributed by atoms with Crippen molar-refractivity contribution in [2.75, 3.05) is 0 Å². The summed E-state index contributed by atoms with van der Waals surface area (Å²) in [6.45, 7) is 0. The lowest BCUT2D eigenvalue weighted by Crippen LogP contribution is -1.84. The van der Waals surface area contributed by atoms with Crippen LogP contribution in [0.4, 0.5) is 0 Å². The van der Waals surface area contributed by atoms with Crippen molar-refractivity contribution in [2.45, 2.75) is 18.8 Å². The normalized spacial score (nSPS) is 15.4. The van der Waals surface area contributed by atoms with Crippen molar-refractivity contribution in [3.05, 3.63) is 39.6 Å². The summed E-state index contributed by atoms with van der Waals surface area (Å²) in [6.07, 6.45) is 4.48. The van der Waals surface area contributed by atoms with E-state index in [0.29, 0.717) is 5.92 Å². The highest BCUT2D eigenvalue weighted by molar-refractivity contribution is 9.10. The van der Waals surface area contributed by atoms with Gasteiger partial charge in [-0.1, -0.05) is 27.5 Å². The molecule has 1 aromatic heterocycles. The Morgan fingerprint density at radius 1 is 1.38 bits per heavy atom. The first-order valence-corrected chi connectivity index (χ1v) is 6.41. The van der Waals surface area contributed by atoms with E-state index in [2.05, 4.69) is 25.9 Å². The van der Waals surface area contributed by atoms with Gasteiger partial charge < -0.3 is 4.98 Å². The van der Waals surface area contributed by atoms with Gasteiger partial charge in [-0.05, 0) is 31.0 Å². The summed E-state index contributed by atoms with van der Waals surface area (Å²) < 4.78 is 1.01. The molecule has 0 bridgehead atoms. The van der Waals surface area contributed by atoms with Crippen LogP contribution >= 0.6 is 27.5 Å². The maximum absolute atomic E-state index is 5.99. The molecule has 2 aromatic rings. The maximum Gasteiger partial charge on any atom is 0.138 e. The van der Waals surface area contributed by atoms with Crippen LogP contribution in [0.2, 0.25) is 5.02 Å². The summed E-state index contributed by atoms with van der Waals surface area (Å²) >= 11 is 9.50. The monoisotopic (exact) mass is 296 g/mol. The fourth-order valence-electron chi connectivity index (χ4n) is 1.75. The molecular weight excluding hydrogens is 288 g/mol. The summed E-state index contributed by atoms with van der Waals surface area (Å²) in [5.74, 6) is 1.58. The van der Waals surface area contributed by atoms with Crippen LogP contribution in [0.15, 0.2) is 28.9 Å². The highest BCUT2D eigenvalue weighted by Gasteiger charge is 2.25. The lowest BCUT2D eigenvalue weighted by Gasteiger charge is -2.01. The van der Waals surface area contributed by atoms with Crippen LogP contribution in [0.1, 0.15) is 24.5 Å². The molecule has 1 aliphatic carbocycles. The average Bonchev–Trinajstić information content (AvgIpc) is 3.01. The van der Waals surface area contributed by atoms with Gasteiger partial charge in [0.15, 0.2) is 0 Å². The predicted octanol–water partition coefficient (Wildman–Crippen LogP) is 4.37. The van der Waals surface area contributed by atoms with Gasteiger partial charge in [0.2, 0.25) is 0 Å². The van der Waals surface area contributed by atoms with E-state index in [1.807, 2.05) is 24.4 Å². The maximum atomic E-state index is 5.99. The van der Waals surface area contributed by atoms with Gasteiger partial charge in [0.1, 0.15) is 5.82 Å². The van der Waals surface area contributed by atoms with E-state index in [4.69, 9.17) is 11.6 Å². The average molecular weight is 298 g/mol. The van der Waals surface area contributed by atoms with Crippen molar-refractivity contribution in [3.63, 3.8) is 0 Å². The first-order valence-electron chi connectivity index (χ1n) is 5.24. The Bertz CT molecular complexity index is 532.